The van der Waals surface area contributed by atoms with Crippen molar-refractivity contribution in [1.29, 1.82) is 0 Å². The monoisotopic (exact) mass is 258 g/mol. The highest BCUT2D eigenvalue weighted by Crippen LogP contribution is 2.53. The third-order valence-electron chi connectivity index (χ3n) is 5.91. The summed E-state index contributed by atoms with van der Waals surface area (Å²) in [5.41, 5.74) is 3.79. The first-order valence-corrected chi connectivity index (χ1v) is 7.84. The zero-order chi connectivity index (χ0) is 13.5. The third kappa shape index (κ3) is 2.23. The lowest BCUT2D eigenvalue weighted by Gasteiger charge is -2.43. The van der Waals surface area contributed by atoms with Gasteiger partial charge in [0.1, 0.15) is 0 Å². The Morgan fingerprint density at radius 2 is 1.53 bits per heavy atom. The zero-order valence-electron chi connectivity index (χ0n) is 12.3. The van der Waals surface area contributed by atoms with Gasteiger partial charge in [-0.05, 0) is 74.5 Å². The van der Waals surface area contributed by atoms with Gasteiger partial charge in [0.15, 0.2) is 0 Å². The lowest BCUT2D eigenvalue weighted by atomic mass is 9.65. The van der Waals surface area contributed by atoms with Crippen molar-refractivity contribution < 1.29 is 5.11 Å². The molecule has 0 radical (unpaired) electrons. The molecule has 0 atom stereocenters. The number of rotatable bonds is 1. The fourth-order valence-electron chi connectivity index (χ4n) is 4.34. The molecule has 1 heteroatoms. The maximum Gasteiger partial charge on any atom is 0.0899 e. The summed E-state index contributed by atoms with van der Waals surface area (Å²) in [7, 11) is 0. The fraction of sp³-hybridized carbons (Fsp3) is 0.667. The van der Waals surface area contributed by atoms with Gasteiger partial charge in [0.05, 0.1) is 5.60 Å². The number of hydrogen-bond donors (Lipinski definition) is 1. The molecule has 104 valence electrons. The van der Waals surface area contributed by atoms with E-state index in [0.717, 1.165) is 12.8 Å². The van der Waals surface area contributed by atoms with E-state index in [9.17, 15) is 5.11 Å². The summed E-state index contributed by atoms with van der Waals surface area (Å²) in [6.45, 7) is 4.30. The van der Waals surface area contributed by atoms with Crippen LogP contribution in [0.15, 0.2) is 18.2 Å². The van der Waals surface area contributed by atoms with Crippen LogP contribution in [-0.2, 0) is 5.60 Å². The molecule has 2 saturated carbocycles. The molecule has 1 aromatic carbocycles. The van der Waals surface area contributed by atoms with Crippen molar-refractivity contribution in [3.05, 3.63) is 34.9 Å². The van der Waals surface area contributed by atoms with Crippen LogP contribution in [0.5, 0.6) is 0 Å². The standard InChI is InChI=1S/C18H26O/c1-14-6-5-7-16(15(14)2)18(19)12-10-17(11-13-18)8-3-4-9-17/h5-7,19H,3-4,8-13H2,1-2H3. The Kier molecular flexibility index (Phi) is 3.21. The van der Waals surface area contributed by atoms with Crippen molar-refractivity contribution >= 4 is 0 Å². The van der Waals surface area contributed by atoms with Crippen LogP contribution >= 0.6 is 0 Å². The molecule has 2 aliphatic carbocycles. The quantitative estimate of drug-likeness (QED) is 0.779. The van der Waals surface area contributed by atoms with E-state index in [1.54, 1.807) is 0 Å². The Morgan fingerprint density at radius 3 is 2.16 bits per heavy atom. The smallest absolute Gasteiger partial charge is 0.0899 e. The van der Waals surface area contributed by atoms with Gasteiger partial charge in [-0.3, -0.25) is 0 Å². The molecule has 0 amide bonds. The number of aryl methyl sites for hydroxylation is 1. The summed E-state index contributed by atoms with van der Waals surface area (Å²) in [6.07, 6.45) is 9.96. The second-order valence-corrected chi connectivity index (χ2v) is 6.99. The average molecular weight is 258 g/mol. The average Bonchev–Trinajstić information content (AvgIpc) is 2.86. The van der Waals surface area contributed by atoms with Gasteiger partial charge in [-0.1, -0.05) is 31.0 Å². The van der Waals surface area contributed by atoms with Gasteiger partial charge in [-0.15, -0.1) is 0 Å². The molecule has 1 N–H and O–H groups in total. The van der Waals surface area contributed by atoms with E-state index >= 15 is 0 Å². The second kappa shape index (κ2) is 4.63. The van der Waals surface area contributed by atoms with Crippen molar-refractivity contribution in [2.24, 2.45) is 5.41 Å². The number of benzene rings is 1. The van der Waals surface area contributed by atoms with Gasteiger partial charge in [-0.2, -0.15) is 0 Å². The molecule has 1 aromatic rings. The second-order valence-electron chi connectivity index (χ2n) is 6.99. The molecule has 2 fully saturated rings. The van der Waals surface area contributed by atoms with Gasteiger partial charge in [0.2, 0.25) is 0 Å². The van der Waals surface area contributed by atoms with Gasteiger partial charge < -0.3 is 5.11 Å². The molecule has 3 rings (SSSR count). The first-order valence-electron chi connectivity index (χ1n) is 7.84. The normalized spacial score (nSPS) is 24.8. The molecular formula is C18H26O. The highest BCUT2D eigenvalue weighted by atomic mass is 16.3. The summed E-state index contributed by atoms with van der Waals surface area (Å²) in [5, 5.41) is 11.1. The topological polar surface area (TPSA) is 20.2 Å². The van der Waals surface area contributed by atoms with Crippen LogP contribution < -0.4 is 0 Å². The Bertz CT molecular complexity index is 459. The highest BCUT2D eigenvalue weighted by Gasteiger charge is 2.44. The Morgan fingerprint density at radius 1 is 0.895 bits per heavy atom. The van der Waals surface area contributed by atoms with Gasteiger partial charge in [0.25, 0.3) is 0 Å². The van der Waals surface area contributed by atoms with Crippen molar-refractivity contribution in [2.75, 3.05) is 0 Å². The number of aliphatic hydroxyl groups is 1. The maximum atomic E-state index is 11.1. The van der Waals surface area contributed by atoms with E-state index in [2.05, 4.69) is 32.0 Å². The molecule has 1 nitrogen and oxygen atoms in total. The van der Waals surface area contributed by atoms with Crippen molar-refractivity contribution in [1.82, 2.24) is 0 Å². The van der Waals surface area contributed by atoms with E-state index in [1.807, 2.05) is 0 Å². The number of hydrogen-bond acceptors (Lipinski definition) is 1. The fourth-order valence-corrected chi connectivity index (χ4v) is 4.34. The Labute approximate surface area is 117 Å². The predicted octanol–water partition coefficient (Wildman–Crippen LogP) is 4.63. The molecule has 19 heavy (non-hydrogen) atoms. The lowest BCUT2D eigenvalue weighted by molar-refractivity contribution is -0.0381. The first-order chi connectivity index (χ1) is 9.05. The molecule has 1 spiro atoms. The lowest BCUT2D eigenvalue weighted by Crippen LogP contribution is -2.36. The summed E-state index contributed by atoms with van der Waals surface area (Å²) >= 11 is 0. The van der Waals surface area contributed by atoms with Crippen LogP contribution in [0.4, 0.5) is 0 Å². The third-order valence-corrected chi connectivity index (χ3v) is 5.91. The minimum atomic E-state index is -0.566. The van der Waals surface area contributed by atoms with E-state index in [4.69, 9.17) is 0 Å². The SMILES string of the molecule is Cc1cccc(C2(O)CCC3(CCCC3)CC2)c1C. The van der Waals surface area contributed by atoms with Gasteiger partial charge in [-0.25, -0.2) is 0 Å². The molecular weight excluding hydrogens is 232 g/mol. The predicted molar refractivity (Wildman–Crippen MR) is 79.2 cm³/mol. The van der Waals surface area contributed by atoms with Crippen LogP contribution in [0.2, 0.25) is 0 Å². The van der Waals surface area contributed by atoms with Crippen LogP contribution in [0, 0.1) is 19.3 Å². The van der Waals surface area contributed by atoms with Crippen LogP contribution in [-0.4, -0.2) is 5.11 Å². The Hall–Kier alpha value is -0.820. The van der Waals surface area contributed by atoms with E-state index < -0.39 is 5.60 Å². The largest absolute Gasteiger partial charge is 0.385 e. The summed E-state index contributed by atoms with van der Waals surface area (Å²) in [6, 6.07) is 6.37. The maximum absolute atomic E-state index is 11.1. The van der Waals surface area contributed by atoms with E-state index in [0.29, 0.717) is 5.41 Å². The van der Waals surface area contributed by atoms with E-state index in [1.165, 1.54) is 55.2 Å². The first kappa shape index (κ1) is 13.2. The summed E-state index contributed by atoms with van der Waals surface area (Å²) < 4.78 is 0. The molecule has 2 aliphatic rings. The van der Waals surface area contributed by atoms with Crippen LogP contribution in [0.3, 0.4) is 0 Å². The molecule has 0 bridgehead atoms. The molecule has 0 unspecified atom stereocenters. The molecule has 0 aliphatic heterocycles. The van der Waals surface area contributed by atoms with Crippen molar-refractivity contribution in [2.45, 2.75) is 70.8 Å². The van der Waals surface area contributed by atoms with Crippen LogP contribution in [0.25, 0.3) is 0 Å². The van der Waals surface area contributed by atoms with E-state index in [-0.39, 0.29) is 0 Å². The zero-order valence-corrected chi connectivity index (χ0v) is 12.3. The highest BCUT2D eigenvalue weighted by molar-refractivity contribution is 5.37. The minimum Gasteiger partial charge on any atom is -0.385 e. The van der Waals surface area contributed by atoms with Crippen LogP contribution in [0.1, 0.15) is 68.1 Å². The van der Waals surface area contributed by atoms with Crippen molar-refractivity contribution in [3.63, 3.8) is 0 Å². The molecule has 0 saturated heterocycles. The summed E-state index contributed by atoms with van der Waals surface area (Å²) in [4.78, 5) is 0. The molecule has 0 heterocycles. The Balaban J connectivity index is 1.83. The minimum absolute atomic E-state index is 0.566. The molecule has 0 aromatic heterocycles. The van der Waals surface area contributed by atoms with Crippen molar-refractivity contribution in [3.8, 4) is 0 Å². The van der Waals surface area contributed by atoms with Gasteiger partial charge >= 0.3 is 0 Å². The van der Waals surface area contributed by atoms with Gasteiger partial charge in [0, 0.05) is 0 Å². The summed E-state index contributed by atoms with van der Waals surface area (Å²) in [5.74, 6) is 0.